The molecule has 0 aromatic heterocycles. The van der Waals surface area contributed by atoms with Crippen LogP contribution in [0.15, 0.2) is 24.3 Å². The smallest absolute Gasteiger partial charge is 0.305 e. The number of carbonyl (C=O) groups is 2. The molecule has 0 aromatic carbocycles. The average molecular weight is 1240 g/mol. The lowest BCUT2D eigenvalue weighted by Crippen LogP contribution is -2.45. The maximum atomic E-state index is 12.5. The van der Waals surface area contributed by atoms with Crippen LogP contribution in [0.1, 0.15) is 463 Å². The monoisotopic (exact) mass is 1240 g/mol. The third-order valence-corrected chi connectivity index (χ3v) is 19.2. The summed E-state index contributed by atoms with van der Waals surface area (Å²) in [6.45, 7) is 4.94. The van der Waals surface area contributed by atoms with E-state index in [0.29, 0.717) is 19.4 Å². The van der Waals surface area contributed by atoms with Gasteiger partial charge in [-0.1, -0.05) is 417 Å². The molecule has 88 heavy (non-hydrogen) atoms. The predicted molar refractivity (Wildman–Crippen MR) is 389 cm³/mol. The molecule has 0 spiro atoms. The van der Waals surface area contributed by atoms with Gasteiger partial charge in [0.2, 0.25) is 5.91 Å². The molecule has 0 saturated heterocycles. The fourth-order valence-corrected chi connectivity index (χ4v) is 13.0. The number of esters is 1. The molecule has 0 aliphatic carbocycles. The van der Waals surface area contributed by atoms with Crippen molar-refractivity contribution in [3.8, 4) is 0 Å². The molecule has 0 heterocycles. The molecule has 0 aromatic rings. The van der Waals surface area contributed by atoms with Crippen molar-refractivity contribution in [2.24, 2.45) is 0 Å². The number of hydrogen-bond donors (Lipinski definition) is 3. The highest BCUT2D eigenvalue weighted by atomic mass is 16.5. The van der Waals surface area contributed by atoms with Crippen molar-refractivity contribution >= 4 is 11.9 Å². The fraction of sp³-hybridized carbons (Fsp3) is 0.927. The molecular formula is C82H159NO5. The zero-order valence-corrected chi connectivity index (χ0v) is 60.0. The lowest BCUT2D eigenvalue weighted by molar-refractivity contribution is -0.143. The van der Waals surface area contributed by atoms with Gasteiger partial charge in [0.15, 0.2) is 0 Å². The van der Waals surface area contributed by atoms with Gasteiger partial charge in [-0.3, -0.25) is 9.59 Å². The van der Waals surface area contributed by atoms with Crippen LogP contribution in [0.4, 0.5) is 0 Å². The van der Waals surface area contributed by atoms with Gasteiger partial charge in [0.1, 0.15) is 0 Å². The summed E-state index contributed by atoms with van der Waals surface area (Å²) in [6.07, 6.45) is 100. The Morgan fingerprint density at radius 3 is 0.807 bits per heavy atom. The van der Waals surface area contributed by atoms with Crippen molar-refractivity contribution in [3.63, 3.8) is 0 Å². The first-order valence-electron chi connectivity index (χ1n) is 40.6. The molecule has 0 radical (unpaired) electrons. The molecule has 522 valence electrons. The molecule has 3 N–H and O–H groups in total. The quantitative estimate of drug-likeness (QED) is 0.0320. The Morgan fingerprint density at radius 1 is 0.307 bits per heavy atom. The van der Waals surface area contributed by atoms with Gasteiger partial charge in [-0.15, -0.1) is 0 Å². The van der Waals surface area contributed by atoms with E-state index < -0.39 is 12.1 Å². The minimum Gasteiger partial charge on any atom is -0.466 e. The molecular weight excluding hydrogens is 1080 g/mol. The van der Waals surface area contributed by atoms with Crippen molar-refractivity contribution in [2.75, 3.05) is 13.2 Å². The topological polar surface area (TPSA) is 95.9 Å². The van der Waals surface area contributed by atoms with Crippen molar-refractivity contribution in [1.82, 2.24) is 5.32 Å². The molecule has 0 rings (SSSR count). The first kappa shape index (κ1) is 86.3. The van der Waals surface area contributed by atoms with Gasteiger partial charge in [0, 0.05) is 12.8 Å². The molecule has 0 saturated carbocycles. The minimum atomic E-state index is -0.839. The molecule has 6 heteroatoms. The second-order valence-electron chi connectivity index (χ2n) is 28.1. The molecule has 1 amide bonds. The Balaban J connectivity index is 3.28. The van der Waals surface area contributed by atoms with Crippen LogP contribution in [-0.2, 0) is 14.3 Å². The standard InChI is InChI=1S/C82H159NO5/c1-3-5-7-9-11-13-15-17-18-19-41-45-48-52-56-60-64-68-72-76-82(87)88-77-73-69-65-61-57-53-49-46-43-40-38-36-34-32-30-28-26-24-22-20-21-23-25-27-29-31-33-35-37-39-42-44-47-51-55-59-63-67-71-75-81(86)83-79(78-84)80(85)74-70-66-62-58-54-50-16-14-12-10-8-6-4-2/h17-18,70,74,79-80,84-85H,3-16,19-69,71-73,75-78H2,1-2H3,(H,83,86)/b18-17-,74-70+. The summed E-state index contributed by atoms with van der Waals surface area (Å²) in [5, 5.41) is 23.1. The van der Waals surface area contributed by atoms with Gasteiger partial charge in [0.25, 0.3) is 0 Å². The average Bonchev–Trinajstić information content (AvgIpc) is 3.54. The third-order valence-electron chi connectivity index (χ3n) is 19.2. The second kappa shape index (κ2) is 77.8. The summed E-state index contributed by atoms with van der Waals surface area (Å²) < 4.78 is 5.52. The fourth-order valence-electron chi connectivity index (χ4n) is 13.0. The Labute approximate surface area is 551 Å². The number of rotatable bonds is 77. The van der Waals surface area contributed by atoms with E-state index in [1.54, 1.807) is 6.08 Å². The second-order valence-corrected chi connectivity index (χ2v) is 28.1. The van der Waals surface area contributed by atoms with Crippen LogP contribution in [0.25, 0.3) is 0 Å². The molecule has 6 nitrogen and oxygen atoms in total. The number of allylic oxidation sites excluding steroid dienone is 3. The largest absolute Gasteiger partial charge is 0.466 e. The summed E-state index contributed by atoms with van der Waals surface area (Å²) in [4.78, 5) is 24.6. The lowest BCUT2D eigenvalue weighted by Gasteiger charge is -2.20. The van der Waals surface area contributed by atoms with Crippen LogP contribution in [-0.4, -0.2) is 47.4 Å². The highest BCUT2D eigenvalue weighted by molar-refractivity contribution is 5.76. The third kappa shape index (κ3) is 73.4. The summed E-state index contributed by atoms with van der Waals surface area (Å²) in [6, 6.07) is -0.622. The number of carbonyl (C=O) groups excluding carboxylic acids is 2. The van der Waals surface area contributed by atoms with Crippen LogP contribution in [0.5, 0.6) is 0 Å². The van der Waals surface area contributed by atoms with E-state index in [1.165, 1.54) is 398 Å². The van der Waals surface area contributed by atoms with E-state index in [2.05, 4.69) is 31.3 Å². The van der Waals surface area contributed by atoms with E-state index in [4.69, 9.17) is 4.74 Å². The van der Waals surface area contributed by atoms with Crippen LogP contribution in [0.2, 0.25) is 0 Å². The normalized spacial score (nSPS) is 12.5. The molecule has 2 atom stereocenters. The Kier molecular flexibility index (Phi) is 76.3. The minimum absolute atomic E-state index is 0.0244. The van der Waals surface area contributed by atoms with Crippen LogP contribution in [0.3, 0.4) is 0 Å². The van der Waals surface area contributed by atoms with Crippen molar-refractivity contribution in [1.29, 1.82) is 0 Å². The SMILES string of the molecule is CCCCCCCC/C=C\CCCCCCCCCCCC(=O)OCCCCCCCCCCCCCCCCCCCCCCCCCCCCCCCCCCCCCCCCCC(=O)NC(CO)C(O)/C=C/CCCCCCCCCCCCC. The Morgan fingerprint density at radius 2 is 0.534 bits per heavy atom. The Hall–Kier alpha value is -1.66. The molecule has 0 aliphatic heterocycles. The highest BCUT2D eigenvalue weighted by Gasteiger charge is 2.18. The number of amides is 1. The number of aliphatic hydroxyl groups is 2. The number of nitrogens with one attached hydrogen (secondary N) is 1. The first-order chi connectivity index (χ1) is 43.5. The van der Waals surface area contributed by atoms with Crippen molar-refractivity contribution in [3.05, 3.63) is 24.3 Å². The van der Waals surface area contributed by atoms with Crippen molar-refractivity contribution < 1.29 is 24.5 Å². The summed E-state index contributed by atoms with van der Waals surface area (Å²) in [5.41, 5.74) is 0. The van der Waals surface area contributed by atoms with E-state index in [0.717, 1.165) is 38.5 Å². The Bertz CT molecular complexity index is 1380. The zero-order chi connectivity index (χ0) is 63.5. The van der Waals surface area contributed by atoms with Gasteiger partial charge in [-0.25, -0.2) is 0 Å². The van der Waals surface area contributed by atoms with E-state index >= 15 is 0 Å². The molecule has 0 bridgehead atoms. The molecule has 0 fully saturated rings. The van der Waals surface area contributed by atoms with Gasteiger partial charge < -0.3 is 20.3 Å². The van der Waals surface area contributed by atoms with Crippen molar-refractivity contribution in [2.45, 2.75) is 475 Å². The highest BCUT2D eigenvalue weighted by Crippen LogP contribution is 2.20. The van der Waals surface area contributed by atoms with Crippen LogP contribution < -0.4 is 5.32 Å². The van der Waals surface area contributed by atoms with Gasteiger partial charge >= 0.3 is 5.97 Å². The number of aliphatic hydroxyl groups excluding tert-OH is 2. The maximum absolute atomic E-state index is 12.5. The summed E-state index contributed by atoms with van der Waals surface area (Å²) >= 11 is 0. The number of unbranched alkanes of at least 4 members (excludes halogenated alkanes) is 64. The maximum Gasteiger partial charge on any atom is 0.305 e. The summed E-state index contributed by atoms with van der Waals surface area (Å²) in [7, 11) is 0. The summed E-state index contributed by atoms with van der Waals surface area (Å²) in [5.74, 6) is -0.0352. The predicted octanol–water partition coefficient (Wildman–Crippen LogP) is 26.8. The molecule has 0 aliphatic rings. The van der Waals surface area contributed by atoms with Gasteiger partial charge in [-0.05, 0) is 57.8 Å². The number of hydrogen-bond acceptors (Lipinski definition) is 5. The van der Waals surface area contributed by atoms with Crippen LogP contribution >= 0.6 is 0 Å². The van der Waals surface area contributed by atoms with Crippen LogP contribution in [0, 0.1) is 0 Å². The number of ether oxygens (including phenoxy) is 1. The van der Waals surface area contributed by atoms with Gasteiger partial charge in [-0.2, -0.15) is 0 Å². The molecule has 2 unspecified atom stereocenters. The lowest BCUT2D eigenvalue weighted by atomic mass is 10.0. The first-order valence-corrected chi connectivity index (χ1v) is 40.6. The van der Waals surface area contributed by atoms with Gasteiger partial charge in [0.05, 0.1) is 25.4 Å². The van der Waals surface area contributed by atoms with E-state index in [9.17, 15) is 19.8 Å². The van der Waals surface area contributed by atoms with E-state index in [-0.39, 0.29) is 18.5 Å². The zero-order valence-electron chi connectivity index (χ0n) is 60.0. The van der Waals surface area contributed by atoms with E-state index in [1.807, 2.05) is 6.08 Å².